The molecule has 0 heterocycles. The molecule has 0 rings (SSSR count). The number of hydrazine groups is 1. The standard InChI is InChI=1S/C7H17N3/c1-4-9-6-5-7-10(3)8-2/h4,8-9H,1,5-7H2,2-3H3. The second-order valence-electron chi connectivity index (χ2n) is 2.16. The lowest BCUT2D eigenvalue weighted by Crippen LogP contribution is -2.32. The number of hydrogen-bond acceptors (Lipinski definition) is 3. The zero-order valence-electron chi connectivity index (χ0n) is 6.85. The van der Waals surface area contributed by atoms with E-state index >= 15 is 0 Å². The first-order valence-corrected chi connectivity index (χ1v) is 3.54. The third kappa shape index (κ3) is 5.59. The van der Waals surface area contributed by atoms with Gasteiger partial charge in [-0.1, -0.05) is 6.58 Å². The predicted molar refractivity (Wildman–Crippen MR) is 44.5 cm³/mol. The van der Waals surface area contributed by atoms with E-state index in [1.807, 2.05) is 19.1 Å². The Bertz CT molecular complexity index is 82.9. The van der Waals surface area contributed by atoms with Crippen LogP contribution in [0.3, 0.4) is 0 Å². The molecule has 0 atom stereocenters. The minimum atomic E-state index is 0.996. The van der Waals surface area contributed by atoms with E-state index in [0.717, 1.165) is 19.5 Å². The molecule has 0 aromatic heterocycles. The average Bonchev–Trinajstić information content (AvgIpc) is 1.98. The molecule has 0 saturated carbocycles. The summed E-state index contributed by atoms with van der Waals surface area (Å²) in [6.07, 6.45) is 2.85. The molecule has 0 amide bonds. The van der Waals surface area contributed by atoms with Crippen molar-refractivity contribution < 1.29 is 0 Å². The zero-order chi connectivity index (χ0) is 7.82. The SMILES string of the molecule is C=CNCCCN(C)NC. The molecule has 0 aromatic rings. The normalized spacial score (nSPS) is 9.90. The summed E-state index contributed by atoms with van der Waals surface area (Å²) in [7, 11) is 3.94. The number of rotatable bonds is 6. The molecule has 0 aliphatic heterocycles. The summed E-state index contributed by atoms with van der Waals surface area (Å²) in [5.74, 6) is 0. The molecular formula is C7H17N3. The van der Waals surface area contributed by atoms with Crippen molar-refractivity contribution in [2.75, 3.05) is 27.2 Å². The second kappa shape index (κ2) is 6.58. The van der Waals surface area contributed by atoms with Gasteiger partial charge in [-0.25, -0.2) is 5.01 Å². The number of hydrogen-bond donors (Lipinski definition) is 2. The van der Waals surface area contributed by atoms with Crippen LogP contribution in [0.2, 0.25) is 0 Å². The number of nitrogens with zero attached hydrogens (tertiary/aromatic N) is 1. The fourth-order valence-corrected chi connectivity index (χ4v) is 0.632. The maximum atomic E-state index is 3.56. The van der Waals surface area contributed by atoms with E-state index in [1.54, 1.807) is 6.20 Å². The summed E-state index contributed by atoms with van der Waals surface area (Å²) in [4.78, 5) is 0. The van der Waals surface area contributed by atoms with Crippen LogP contribution < -0.4 is 10.7 Å². The Morgan fingerprint density at radius 1 is 1.60 bits per heavy atom. The minimum Gasteiger partial charge on any atom is -0.391 e. The molecule has 0 aliphatic carbocycles. The highest BCUT2D eigenvalue weighted by Gasteiger charge is 1.90. The van der Waals surface area contributed by atoms with Crippen LogP contribution in [0.5, 0.6) is 0 Å². The van der Waals surface area contributed by atoms with E-state index in [9.17, 15) is 0 Å². The van der Waals surface area contributed by atoms with Crippen molar-refractivity contribution in [3.05, 3.63) is 12.8 Å². The lowest BCUT2D eigenvalue weighted by molar-refractivity contribution is 0.257. The fourth-order valence-electron chi connectivity index (χ4n) is 0.632. The fraction of sp³-hybridized carbons (Fsp3) is 0.714. The molecule has 0 aromatic carbocycles. The van der Waals surface area contributed by atoms with Gasteiger partial charge in [-0.05, 0) is 19.7 Å². The maximum absolute atomic E-state index is 3.56. The topological polar surface area (TPSA) is 27.3 Å². The summed E-state index contributed by atoms with van der Waals surface area (Å²) in [6, 6.07) is 0. The first-order valence-electron chi connectivity index (χ1n) is 3.54. The van der Waals surface area contributed by atoms with Gasteiger partial charge >= 0.3 is 0 Å². The van der Waals surface area contributed by atoms with Gasteiger partial charge in [0.05, 0.1) is 0 Å². The highest BCUT2D eigenvalue weighted by atomic mass is 15.5. The Labute approximate surface area is 63.1 Å². The van der Waals surface area contributed by atoms with Crippen molar-refractivity contribution in [1.29, 1.82) is 0 Å². The van der Waals surface area contributed by atoms with Gasteiger partial charge in [0.15, 0.2) is 0 Å². The maximum Gasteiger partial charge on any atom is 0.0154 e. The molecule has 0 aliphatic rings. The summed E-state index contributed by atoms with van der Waals surface area (Å²) < 4.78 is 0. The summed E-state index contributed by atoms with van der Waals surface area (Å²) in [6.45, 7) is 5.61. The molecule has 0 fully saturated rings. The van der Waals surface area contributed by atoms with E-state index in [0.29, 0.717) is 0 Å². The molecule has 0 saturated heterocycles. The molecule has 0 radical (unpaired) electrons. The summed E-state index contributed by atoms with van der Waals surface area (Å²) in [5.41, 5.74) is 3.02. The largest absolute Gasteiger partial charge is 0.391 e. The van der Waals surface area contributed by atoms with E-state index in [1.165, 1.54) is 0 Å². The van der Waals surface area contributed by atoms with E-state index < -0.39 is 0 Å². The second-order valence-corrected chi connectivity index (χ2v) is 2.16. The van der Waals surface area contributed by atoms with Gasteiger partial charge < -0.3 is 5.32 Å². The first-order chi connectivity index (χ1) is 4.81. The quantitative estimate of drug-likeness (QED) is 0.410. The first kappa shape index (κ1) is 9.46. The van der Waals surface area contributed by atoms with Gasteiger partial charge in [0.2, 0.25) is 0 Å². The van der Waals surface area contributed by atoms with Gasteiger partial charge in [0.1, 0.15) is 0 Å². The molecule has 10 heavy (non-hydrogen) atoms. The molecule has 3 heteroatoms. The van der Waals surface area contributed by atoms with Crippen molar-refractivity contribution >= 4 is 0 Å². The van der Waals surface area contributed by atoms with Gasteiger partial charge in [-0.15, -0.1) is 0 Å². The van der Waals surface area contributed by atoms with Crippen LogP contribution >= 0.6 is 0 Å². The van der Waals surface area contributed by atoms with Crippen LogP contribution in [0.4, 0.5) is 0 Å². The molecule has 2 N–H and O–H groups in total. The summed E-state index contributed by atoms with van der Waals surface area (Å²) in [5, 5.41) is 5.08. The Morgan fingerprint density at radius 3 is 2.80 bits per heavy atom. The van der Waals surface area contributed by atoms with Crippen molar-refractivity contribution in [3.63, 3.8) is 0 Å². The predicted octanol–water partition coefficient (Wildman–Crippen LogP) is 0.176. The van der Waals surface area contributed by atoms with E-state index in [2.05, 4.69) is 17.3 Å². The van der Waals surface area contributed by atoms with Crippen LogP contribution in [0.1, 0.15) is 6.42 Å². The third-order valence-electron chi connectivity index (χ3n) is 1.34. The summed E-state index contributed by atoms with van der Waals surface area (Å²) >= 11 is 0. The monoisotopic (exact) mass is 143 g/mol. The van der Waals surface area contributed by atoms with Crippen LogP contribution in [-0.4, -0.2) is 32.2 Å². The molecule has 3 nitrogen and oxygen atoms in total. The van der Waals surface area contributed by atoms with Gasteiger partial charge in [-0.2, -0.15) is 0 Å². The lowest BCUT2D eigenvalue weighted by Gasteiger charge is -2.13. The van der Waals surface area contributed by atoms with E-state index in [4.69, 9.17) is 0 Å². The molecule has 60 valence electrons. The average molecular weight is 143 g/mol. The Hall–Kier alpha value is -0.540. The number of nitrogens with one attached hydrogen (secondary N) is 2. The molecule has 0 spiro atoms. The van der Waals surface area contributed by atoms with Crippen LogP contribution in [0.15, 0.2) is 12.8 Å². The van der Waals surface area contributed by atoms with Crippen molar-refractivity contribution in [2.45, 2.75) is 6.42 Å². The van der Waals surface area contributed by atoms with E-state index in [-0.39, 0.29) is 0 Å². The van der Waals surface area contributed by atoms with Gasteiger partial charge in [-0.3, -0.25) is 5.43 Å². The van der Waals surface area contributed by atoms with Crippen molar-refractivity contribution in [1.82, 2.24) is 15.8 Å². The third-order valence-corrected chi connectivity index (χ3v) is 1.34. The lowest BCUT2D eigenvalue weighted by atomic mass is 10.4. The van der Waals surface area contributed by atoms with Crippen molar-refractivity contribution in [3.8, 4) is 0 Å². The highest BCUT2D eigenvalue weighted by Crippen LogP contribution is 1.79. The van der Waals surface area contributed by atoms with Crippen LogP contribution in [-0.2, 0) is 0 Å². The van der Waals surface area contributed by atoms with Crippen LogP contribution in [0, 0.1) is 0 Å². The van der Waals surface area contributed by atoms with Gasteiger partial charge in [0.25, 0.3) is 0 Å². The molecule has 0 bridgehead atoms. The molecule has 0 unspecified atom stereocenters. The molecular weight excluding hydrogens is 126 g/mol. The minimum absolute atomic E-state index is 0.996. The Kier molecular flexibility index (Phi) is 6.22. The van der Waals surface area contributed by atoms with Crippen LogP contribution in [0.25, 0.3) is 0 Å². The highest BCUT2D eigenvalue weighted by molar-refractivity contribution is 4.62. The zero-order valence-corrected chi connectivity index (χ0v) is 6.85. The smallest absolute Gasteiger partial charge is 0.0154 e. The Balaban J connectivity index is 2.95. The van der Waals surface area contributed by atoms with Gasteiger partial charge in [0, 0.05) is 20.1 Å². The Morgan fingerprint density at radius 2 is 2.30 bits per heavy atom. The van der Waals surface area contributed by atoms with Crippen molar-refractivity contribution in [2.24, 2.45) is 0 Å².